The highest BCUT2D eigenvalue weighted by Crippen LogP contribution is 2.25. The van der Waals surface area contributed by atoms with Gasteiger partial charge in [-0.2, -0.15) is 0 Å². The summed E-state index contributed by atoms with van der Waals surface area (Å²) < 4.78 is 18.3. The van der Waals surface area contributed by atoms with Gasteiger partial charge in [0.25, 0.3) is 0 Å². The van der Waals surface area contributed by atoms with E-state index in [9.17, 15) is 4.79 Å². The van der Waals surface area contributed by atoms with Crippen LogP contribution in [0.3, 0.4) is 0 Å². The lowest BCUT2D eigenvalue weighted by molar-refractivity contribution is 0.0920. The summed E-state index contributed by atoms with van der Waals surface area (Å²) in [5, 5.41) is 2.10. The van der Waals surface area contributed by atoms with Crippen molar-refractivity contribution >= 4 is 16.6 Å². The lowest BCUT2D eigenvalue weighted by Crippen LogP contribution is -2.13. The van der Waals surface area contributed by atoms with Gasteiger partial charge in [0.05, 0.1) is 13.7 Å². The van der Waals surface area contributed by atoms with Crippen molar-refractivity contribution in [3.8, 4) is 11.5 Å². The highest BCUT2D eigenvalue weighted by Gasteiger charge is 2.16. The largest absolute Gasteiger partial charge is 0.497 e. The number of hydrogen-bond acceptors (Lipinski definition) is 4. The smallest absolute Gasteiger partial charge is 0.202 e. The van der Waals surface area contributed by atoms with E-state index in [0.29, 0.717) is 17.9 Å². The van der Waals surface area contributed by atoms with Gasteiger partial charge < -0.3 is 18.8 Å². The number of aromatic nitrogens is 1. The number of carbonyl (C=O) groups is 1. The molecule has 0 unspecified atom stereocenters. The lowest BCUT2D eigenvalue weighted by Gasteiger charge is -2.10. The van der Waals surface area contributed by atoms with Crippen LogP contribution >= 0.6 is 0 Å². The van der Waals surface area contributed by atoms with Gasteiger partial charge in [-0.3, -0.25) is 4.79 Å². The highest BCUT2D eigenvalue weighted by molar-refractivity contribution is 5.98. The van der Waals surface area contributed by atoms with Crippen LogP contribution in [0.25, 0.3) is 10.8 Å². The number of rotatable bonds is 8. The summed E-state index contributed by atoms with van der Waals surface area (Å²) in [5.74, 6) is 1.43. The first-order valence-corrected chi connectivity index (χ1v) is 8.93. The van der Waals surface area contributed by atoms with Gasteiger partial charge in [-0.25, -0.2) is 0 Å². The van der Waals surface area contributed by atoms with Crippen molar-refractivity contribution in [3.05, 3.63) is 59.4 Å². The van der Waals surface area contributed by atoms with Gasteiger partial charge in [-0.15, -0.1) is 0 Å². The van der Waals surface area contributed by atoms with Gasteiger partial charge in [-0.05, 0) is 55.0 Å². The Morgan fingerprint density at radius 2 is 1.67 bits per heavy atom. The molecule has 2 aromatic carbocycles. The van der Waals surface area contributed by atoms with E-state index in [1.165, 1.54) is 0 Å². The van der Waals surface area contributed by atoms with Crippen LogP contribution in [0.2, 0.25) is 0 Å². The monoisotopic (exact) mass is 367 g/mol. The fourth-order valence-corrected chi connectivity index (χ4v) is 3.26. The van der Waals surface area contributed by atoms with Crippen molar-refractivity contribution in [2.24, 2.45) is 0 Å². The van der Waals surface area contributed by atoms with E-state index in [4.69, 9.17) is 14.2 Å². The van der Waals surface area contributed by atoms with Crippen molar-refractivity contribution in [3.63, 3.8) is 0 Å². The molecule has 0 radical (unpaired) electrons. The molecule has 0 aliphatic carbocycles. The SMILES string of the molecule is COCCn1c(C)cc(C(=O)COc2ccc3ccc(OC)cc3c2)c1C. The zero-order chi connectivity index (χ0) is 19.4. The van der Waals surface area contributed by atoms with Gasteiger partial charge in [-0.1, -0.05) is 12.1 Å². The standard InChI is InChI=1S/C22H25NO4/c1-15-11-21(16(2)23(15)9-10-25-3)22(24)14-27-20-8-6-17-5-7-19(26-4)12-18(17)13-20/h5-8,11-13H,9-10,14H2,1-4H3. The van der Waals surface area contributed by atoms with Crippen molar-refractivity contribution in [1.29, 1.82) is 0 Å². The molecule has 0 atom stereocenters. The number of fused-ring (bicyclic) bond motifs is 1. The Morgan fingerprint density at radius 1 is 0.963 bits per heavy atom. The normalized spacial score (nSPS) is 11.0. The van der Waals surface area contributed by atoms with E-state index >= 15 is 0 Å². The first-order chi connectivity index (χ1) is 13.0. The molecule has 0 aliphatic heterocycles. The minimum Gasteiger partial charge on any atom is -0.497 e. The van der Waals surface area contributed by atoms with Crippen molar-refractivity contribution < 1.29 is 19.0 Å². The quantitative estimate of drug-likeness (QED) is 0.561. The molecule has 5 heteroatoms. The third kappa shape index (κ3) is 4.14. The third-order valence-corrected chi connectivity index (χ3v) is 4.78. The van der Waals surface area contributed by atoms with Crippen molar-refractivity contribution in [2.75, 3.05) is 27.4 Å². The Labute approximate surface area is 159 Å². The molecule has 0 saturated carbocycles. The van der Waals surface area contributed by atoms with Crippen LogP contribution in [0, 0.1) is 13.8 Å². The van der Waals surface area contributed by atoms with E-state index in [0.717, 1.165) is 34.5 Å². The summed E-state index contributed by atoms with van der Waals surface area (Å²) in [5.41, 5.74) is 2.69. The summed E-state index contributed by atoms with van der Waals surface area (Å²) in [6, 6.07) is 13.6. The first kappa shape index (κ1) is 19.0. The fourth-order valence-electron chi connectivity index (χ4n) is 3.26. The number of hydrogen-bond donors (Lipinski definition) is 0. The molecule has 3 rings (SSSR count). The summed E-state index contributed by atoms with van der Waals surface area (Å²) >= 11 is 0. The van der Waals surface area contributed by atoms with E-state index in [2.05, 4.69) is 4.57 Å². The summed E-state index contributed by atoms with van der Waals surface area (Å²) in [7, 11) is 3.32. The number of benzene rings is 2. The zero-order valence-corrected chi connectivity index (χ0v) is 16.2. The number of Topliss-reactive ketones (excluding diaryl/α,β-unsaturated/α-hetero) is 1. The zero-order valence-electron chi connectivity index (χ0n) is 16.2. The Hall–Kier alpha value is -2.79. The molecule has 0 spiro atoms. The maximum absolute atomic E-state index is 12.7. The van der Waals surface area contributed by atoms with Crippen LogP contribution in [0.4, 0.5) is 0 Å². The molecular formula is C22H25NO4. The average Bonchev–Trinajstić information content (AvgIpc) is 2.97. The number of methoxy groups -OCH3 is 2. The second-order valence-electron chi connectivity index (χ2n) is 6.52. The molecular weight excluding hydrogens is 342 g/mol. The summed E-state index contributed by atoms with van der Waals surface area (Å²) in [6.07, 6.45) is 0. The van der Waals surface area contributed by atoms with Crippen LogP contribution in [-0.4, -0.2) is 37.8 Å². The predicted octanol–water partition coefficient (Wildman–Crippen LogP) is 4.17. The molecule has 0 saturated heterocycles. The molecule has 0 bridgehead atoms. The molecule has 0 aliphatic rings. The van der Waals surface area contributed by atoms with E-state index in [-0.39, 0.29) is 12.4 Å². The Bertz CT molecular complexity index is 958. The molecule has 3 aromatic rings. The molecule has 0 amide bonds. The molecule has 1 aromatic heterocycles. The summed E-state index contributed by atoms with van der Waals surface area (Å²) in [4.78, 5) is 12.7. The lowest BCUT2D eigenvalue weighted by atomic mass is 10.1. The third-order valence-electron chi connectivity index (χ3n) is 4.78. The second kappa shape index (κ2) is 8.27. The van der Waals surface area contributed by atoms with Crippen LogP contribution in [-0.2, 0) is 11.3 Å². The van der Waals surface area contributed by atoms with Crippen LogP contribution < -0.4 is 9.47 Å². The minimum atomic E-state index is -0.0301. The molecule has 5 nitrogen and oxygen atoms in total. The molecule has 142 valence electrons. The Kier molecular flexibility index (Phi) is 5.81. The first-order valence-electron chi connectivity index (χ1n) is 8.93. The number of aryl methyl sites for hydroxylation is 1. The van der Waals surface area contributed by atoms with Gasteiger partial charge >= 0.3 is 0 Å². The maximum Gasteiger partial charge on any atom is 0.202 e. The average molecular weight is 367 g/mol. The van der Waals surface area contributed by atoms with Crippen LogP contribution in [0.5, 0.6) is 11.5 Å². The molecule has 0 N–H and O–H groups in total. The van der Waals surface area contributed by atoms with Gasteiger partial charge in [0.15, 0.2) is 6.61 Å². The number of ether oxygens (including phenoxy) is 3. The van der Waals surface area contributed by atoms with Gasteiger partial charge in [0.2, 0.25) is 5.78 Å². The highest BCUT2D eigenvalue weighted by atomic mass is 16.5. The van der Waals surface area contributed by atoms with E-state index < -0.39 is 0 Å². The van der Waals surface area contributed by atoms with Gasteiger partial charge in [0.1, 0.15) is 11.5 Å². The van der Waals surface area contributed by atoms with Crippen molar-refractivity contribution in [2.45, 2.75) is 20.4 Å². The van der Waals surface area contributed by atoms with E-state index in [1.54, 1.807) is 14.2 Å². The summed E-state index contributed by atoms with van der Waals surface area (Å²) in [6.45, 7) is 5.30. The van der Waals surface area contributed by atoms with Crippen molar-refractivity contribution in [1.82, 2.24) is 4.57 Å². The topological polar surface area (TPSA) is 49.7 Å². The number of carbonyl (C=O) groups excluding carboxylic acids is 1. The Morgan fingerprint density at radius 3 is 2.37 bits per heavy atom. The molecule has 1 heterocycles. The predicted molar refractivity (Wildman–Crippen MR) is 106 cm³/mol. The molecule has 0 fully saturated rings. The van der Waals surface area contributed by atoms with Gasteiger partial charge in [0, 0.05) is 30.6 Å². The second-order valence-corrected chi connectivity index (χ2v) is 6.52. The number of nitrogens with zero attached hydrogens (tertiary/aromatic N) is 1. The minimum absolute atomic E-state index is 0.00401. The Balaban J connectivity index is 1.73. The number of ketones is 1. The van der Waals surface area contributed by atoms with Crippen LogP contribution in [0.1, 0.15) is 21.7 Å². The maximum atomic E-state index is 12.7. The fraction of sp³-hybridized carbons (Fsp3) is 0.318. The molecule has 27 heavy (non-hydrogen) atoms. The van der Waals surface area contributed by atoms with E-state index in [1.807, 2.05) is 56.3 Å². The van der Waals surface area contributed by atoms with Crippen LogP contribution in [0.15, 0.2) is 42.5 Å².